The van der Waals surface area contributed by atoms with Crippen LogP contribution in [-0.4, -0.2) is 24.0 Å². The van der Waals surface area contributed by atoms with Crippen LogP contribution in [0.3, 0.4) is 0 Å². The Morgan fingerprint density at radius 1 is 1.41 bits per heavy atom. The van der Waals surface area contributed by atoms with E-state index < -0.39 is 5.91 Å². The van der Waals surface area contributed by atoms with Crippen LogP contribution in [0, 0.1) is 12.8 Å². The molecule has 2 heterocycles. The van der Waals surface area contributed by atoms with Crippen molar-refractivity contribution in [3.63, 3.8) is 0 Å². The van der Waals surface area contributed by atoms with Gasteiger partial charge in [-0.15, -0.1) is 0 Å². The number of hydrogen-bond acceptors (Lipinski definition) is 4. The molecule has 0 radical (unpaired) electrons. The summed E-state index contributed by atoms with van der Waals surface area (Å²) in [5, 5.41) is 0.919. The first kappa shape index (κ1) is 15.0. The van der Waals surface area contributed by atoms with Gasteiger partial charge in [-0.3, -0.25) is 4.79 Å². The van der Waals surface area contributed by atoms with Gasteiger partial charge in [-0.25, -0.2) is 4.98 Å². The van der Waals surface area contributed by atoms with Crippen molar-refractivity contribution in [2.45, 2.75) is 26.2 Å². The second-order valence-electron chi connectivity index (χ2n) is 5.99. The van der Waals surface area contributed by atoms with E-state index in [1.807, 2.05) is 0 Å². The zero-order valence-electron chi connectivity index (χ0n) is 12.8. The van der Waals surface area contributed by atoms with E-state index in [0.717, 1.165) is 30.6 Å². The highest BCUT2D eigenvalue weighted by molar-refractivity contribution is 7.17. The zero-order valence-corrected chi connectivity index (χ0v) is 13.6. The van der Waals surface area contributed by atoms with Crippen LogP contribution in [0.15, 0.2) is 30.5 Å². The number of anilines is 1. The summed E-state index contributed by atoms with van der Waals surface area (Å²) in [6.45, 7) is 4.15. The third kappa shape index (κ3) is 3.47. The predicted molar refractivity (Wildman–Crippen MR) is 90.5 cm³/mol. The number of nitrogens with zero attached hydrogens (tertiary/aromatic N) is 2. The zero-order chi connectivity index (χ0) is 15.5. The molecule has 1 fully saturated rings. The second-order valence-corrected chi connectivity index (χ2v) is 7.00. The van der Waals surface area contributed by atoms with Gasteiger partial charge >= 0.3 is 0 Å². The molecular formula is C17H21N3OS. The molecule has 0 saturated carbocycles. The molecule has 1 saturated heterocycles. The Balaban J connectivity index is 1.56. The van der Waals surface area contributed by atoms with E-state index >= 15 is 0 Å². The Kier molecular flexibility index (Phi) is 4.43. The molecule has 22 heavy (non-hydrogen) atoms. The summed E-state index contributed by atoms with van der Waals surface area (Å²) >= 11 is 1.39. The number of thiazole rings is 1. The van der Waals surface area contributed by atoms with Crippen LogP contribution < -0.4 is 10.6 Å². The van der Waals surface area contributed by atoms with Crippen molar-refractivity contribution in [1.29, 1.82) is 0 Å². The first-order chi connectivity index (χ1) is 10.6. The normalized spacial score (nSPS) is 16.0. The van der Waals surface area contributed by atoms with E-state index in [4.69, 9.17) is 5.73 Å². The van der Waals surface area contributed by atoms with Gasteiger partial charge < -0.3 is 10.6 Å². The van der Waals surface area contributed by atoms with Crippen molar-refractivity contribution >= 4 is 22.4 Å². The predicted octanol–water partition coefficient (Wildman–Crippen LogP) is 3.01. The quantitative estimate of drug-likeness (QED) is 0.943. The van der Waals surface area contributed by atoms with E-state index in [2.05, 4.69) is 41.1 Å². The molecule has 3 rings (SSSR count). The Labute approximate surface area is 135 Å². The molecular weight excluding hydrogens is 294 g/mol. The average Bonchev–Trinajstić information content (AvgIpc) is 2.98. The maximum atomic E-state index is 11.2. The Morgan fingerprint density at radius 3 is 2.82 bits per heavy atom. The Hall–Kier alpha value is -1.88. The van der Waals surface area contributed by atoms with Crippen molar-refractivity contribution < 1.29 is 4.79 Å². The lowest BCUT2D eigenvalue weighted by molar-refractivity contribution is 0.100. The van der Waals surface area contributed by atoms with Gasteiger partial charge in [-0.05, 0) is 37.7 Å². The number of aromatic nitrogens is 1. The monoisotopic (exact) mass is 315 g/mol. The van der Waals surface area contributed by atoms with Crippen molar-refractivity contribution in [3.05, 3.63) is 46.5 Å². The summed E-state index contributed by atoms with van der Waals surface area (Å²) in [5.74, 6) is 0.340. The fraction of sp³-hybridized carbons (Fsp3) is 0.412. The lowest BCUT2D eigenvalue weighted by Crippen LogP contribution is -2.34. The van der Waals surface area contributed by atoms with Crippen LogP contribution in [0.1, 0.15) is 33.6 Å². The topological polar surface area (TPSA) is 59.2 Å². The number of hydrogen-bond donors (Lipinski definition) is 1. The minimum Gasteiger partial charge on any atom is -0.365 e. The number of primary amides is 1. The molecule has 0 atom stereocenters. The van der Waals surface area contributed by atoms with Gasteiger partial charge in [-0.2, -0.15) is 0 Å². The lowest BCUT2D eigenvalue weighted by atomic mass is 9.90. The van der Waals surface area contributed by atoms with Gasteiger partial charge in [0.15, 0.2) is 5.13 Å². The molecule has 4 nitrogen and oxygen atoms in total. The average molecular weight is 315 g/mol. The van der Waals surface area contributed by atoms with Gasteiger partial charge in [-0.1, -0.05) is 41.2 Å². The molecule has 2 N–H and O–H groups in total. The van der Waals surface area contributed by atoms with Crippen molar-refractivity contribution in [2.75, 3.05) is 18.0 Å². The van der Waals surface area contributed by atoms with E-state index in [1.54, 1.807) is 6.20 Å². The maximum Gasteiger partial charge on any atom is 0.260 e. The summed E-state index contributed by atoms with van der Waals surface area (Å²) in [6.07, 6.45) is 5.07. The molecule has 0 aliphatic carbocycles. The molecule has 0 bridgehead atoms. The van der Waals surface area contributed by atoms with Gasteiger partial charge in [0.2, 0.25) is 0 Å². The number of carbonyl (C=O) groups is 1. The highest BCUT2D eigenvalue weighted by atomic mass is 32.1. The highest BCUT2D eigenvalue weighted by Gasteiger charge is 2.22. The molecule has 1 aromatic heterocycles. The summed E-state index contributed by atoms with van der Waals surface area (Å²) in [4.78, 5) is 18.3. The molecule has 1 amide bonds. The van der Waals surface area contributed by atoms with Crippen LogP contribution >= 0.6 is 11.3 Å². The third-order valence-electron chi connectivity index (χ3n) is 4.23. The number of nitrogens with two attached hydrogens (primary N) is 1. The van der Waals surface area contributed by atoms with E-state index in [1.165, 1.54) is 35.3 Å². The smallest absolute Gasteiger partial charge is 0.260 e. The molecule has 2 aromatic rings. The van der Waals surface area contributed by atoms with Crippen LogP contribution in [0.4, 0.5) is 5.13 Å². The summed E-state index contributed by atoms with van der Waals surface area (Å²) in [6, 6.07) is 8.79. The minimum absolute atomic E-state index is 0.391. The third-order valence-corrected chi connectivity index (χ3v) is 5.30. The van der Waals surface area contributed by atoms with Crippen LogP contribution in [-0.2, 0) is 6.42 Å². The summed E-state index contributed by atoms with van der Waals surface area (Å²) < 4.78 is 0. The van der Waals surface area contributed by atoms with E-state index in [9.17, 15) is 4.79 Å². The largest absolute Gasteiger partial charge is 0.365 e. The van der Waals surface area contributed by atoms with Gasteiger partial charge in [0.25, 0.3) is 5.91 Å². The van der Waals surface area contributed by atoms with Crippen LogP contribution in [0.5, 0.6) is 0 Å². The lowest BCUT2D eigenvalue weighted by Gasteiger charge is -2.31. The molecule has 0 spiro atoms. The fourth-order valence-electron chi connectivity index (χ4n) is 3.03. The highest BCUT2D eigenvalue weighted by Crippen LogP contribution is 2.28. The van der Waals surface area contributed by atoms with Crippen molar-refractivity contribution in [2.24, 2.45) is 11.7 Å². The number of aryl methyl sites for hydroxylation is 1. The van der Waals surface area contributed by atoms with Gasteiger partial charge in [0.05, 0.1) is 6.20 Å². The number of amides is 1. The summed E-state index contributed by atoms with van der Waals surface area (Å²) in [5.41, 5.74) is 8.05. The Morgan fingerprint density at radius 2 is 2.18 bits per heavy atom. The van der Waals surface area contributed by atoms with Gasteiger partial charge in [0.1, 0.15) is 4.88 Å². The van der Waals surface area contributed by atoms with E-state index in [-0.39, 0.29) is 0 Å². The van der Waals surface area contributed by atoms with Crippen LogP contribution in [0.25, 0.3) is 0 Å². The number of rotatable bonds is 4. The molecule has 0 unspecified atom stereocenters. The molecule has 1 aliphatic heterocycles. The standard InChI is InChI=1S/C17H21N3OS/c1-12-3-2-4-14(9-12)10-13-5-7-20(8-6-13)17-19-11-15(22-17)16(18)21/h2-4,9,11,13H,5-8,10H2,1H3,(H2,18,21). The molecule has 1 aliphatic rings. The first-order valence-electron chi connectivity index (χ1n) is 7.68. The maximum absolute atomic E-state index is 11.2. The number of benzene rings is 1. The summed E-state index contributed by atoms with van der Waals surface area (Å²) in [7, 11) is 0. The SMILES string of the molecule is Cc1cccc(CC2CCN(c3ncc(C(N)=O)s3)CC2)c1. The molecule has 5 heteroatoms. The first-order valence-corrected chi connectivity index (χ1v) is 8.49. The van der Waals surface area contributed by atoms with Crippen molar-refractivity contribution in [1.82, 2.24) is 4.98 Å². The Bertz CT molecular complexity index is 659. The number of piperidine rings is 1. The number of carbonyl (C=O) groups excluding carboxylic acids is 1. The second kappa shape index (κ2) is 6.48. The molecule has 1 aromatic carbocycles. The van der Waals surface area contributed by atoms with Gasteiger partial charge in [0, 0.05) is 13.1 Å². The minimum atomic E-state index is -0.391. The van der Waals surface area contributed by atoms with E-state index in [0.29, 0.717) is 4.88 Å². The van der Waals surface area contributed by atoms with Crippen molar-refractivity contribution in [3.8, 4) is 0 Å². The fourth-order valence-corrected chi connectivity index (χ4v) is 3.85. The molecule has 116 valence electrons. The van der Waals surface area contributed by atoms with Crippen LogP contribution in [0.2, 0.25) is 0 Å².